The van der Waals surface area contributed by atoms with Crippen LogP contribution in [0.15, 0.2) is 76.2 Å². The van der Waals surface area contributed by atoms with Crippen LogP contribution < -0.4 is 15.2 Å². The number of carbonyl (C=O) groups excluding carboxylic acids is 2. The monoisotopic (exact) mass is 430 g/mol. The van der Waals surface area contributed by atoms with Crippen LogP contribution in [-0.2, 0) is 19.6 Å². The van der Waals surface area contributed by atoms with Crippen molar-refractivity contribution in [2.24, 2.45) is 5.14 Å². The number of rotatable bonds is 7. The summed E-state index contributed by atoms with van der Waals surface area (Å²) in [5.74, 6) is -1.53. The van der Waals surface area contributed by atoms with Gasteiger partial charge in [0.15, 0.2) is 0 Å². The summed E-state index contributed by atoms with van der Waals surface area (Å²) in [6.07, 6.45) is -1.33. The van der Waals surface area contributed by atoms with Crippen LogP contribution in [0.5, 0.6) is 5.75 Å². The molecular formula is C20H18N2O7S. The fourth-order valence-corrected chi connectivity index (χ4v) is 3.02. The smallest absolute Gasteiger partial charge is 0.375 e. The lowest BCUT2D eigenvalue weighted by Crippen LogP contribution is -2.25. The van der Waals surface area contributed by atoms with Crippen LogP contribution in [-0.4, -0.2) is 27.4 Å². The molecule has 0 saturated heterocycles. The minimum Gasteiger partial charge on any atom is -0.497 e. The first-order chi connectivity index (χ1) is 14.3. The van der Waals surface area contributed by atoms with Gasteiger partial charge >= 0.3 is 5.97 Å². The maximum Gasteiger partial charge on any atom is 0.375 e. The number of carbonyl (C=O) groups is 2. The van der Waals surface area contributed by atoms with E-state index < -0.39 is 38.9 Å². The first-order valence-electron chi connectivity index (χ1n) is 8.61. The topological polar surface area (TPSA) is 138 Å². The lowest BCUT2D eigenvalue weighted by molar-refractivity contribution is -0.125. The van der Waals surface area contributed by atoms with Gasteiger partial charge in [0.1, 0.15) is 5.75 Å². The van der Waals surface area contributed by atoms with E-state index in [0.29, 0.717) is 17.0 Å². The van der Waals surface area contributed by atoms with Crippen LogP contribution in [0, 0.1) is 0 Å². The van der Waals surface area contributed by atoms with E-state index in [4.69, 9.17) is 19.0 Å². The van der Waals surface area contributed by atoms with Gasteiger partial charge in [-0.3, -0.25) is 4.79 Å². The van der Waals surface area contributed by atoms with Gasteiger partial charge in [-0.05, 0) is 24.3 Å². The first kappa shape index (κ1) is 21.1. The molecule has 1 atom stereocenters. The summed E-state index contributed by atoms with van der Waals surface area (Å²) in [7, 11) is -2.63. The number of primary sulfonamides is 1. The number of nitrogens with two attached hydrogens (primary N) is 1. The molecule has 3 N–H and O–H groups in total. The fourth-order valence-electron chi connectivity index (χ4n) is 2.56. The van der Waals surface area contributed by atoms with E-state index in [2.05, 4.69) is 5.32 Å². The van der Waals surface area contributed by atoms with Crippen LogP contribution in [0.25, 0.3) is 0 Å². The molecule has 1 aromatic heterocycles. The third-order valence-corrected chi connectivity index (χ3v) is 4.75. The quantitative estimate of drug-likeness (QED) is 0.549. The third-order valence-electron chi connectivity index (χ3n) is 3.97. The van der Waals surface area contributed by atoms with Crippen molar-refractivity contribution >= 4 is 27.6 Å². The zero-order chi connectivity index (χ0) is 21.7. The van der Waals surface area contributed by atoms with Crippen LogP contribution >= 0.6 is 0 Å². The second-order valence-electron chi connectivity index (χ2n) is 6.08. The number of amides is 1. The Hall–Kier alpha value is -3.63. The second kappa shape index (κ2) is 8.80. The highest BCUT2D eigenvalue weighted by Crippen LogP contribution is 2.24. The standard InChI is InChI=1S/C20H18N2O7S/c1-27-15-9-5-8-14(12-15)22-19(23)18(13-6-3-2-4-7-13)29-20(24)16-10-11-17(28-16)30(21,25)26/h2-12,18H,1H3,(H,22,23)(H2,21,25,26). The molecule has 0 bridgehead atoms. The molecule has 0 aliphatic rings. The van der Waals surface area contributed by atoms with Gasteiger partial charge in [0.2, 0.25) is 17.0 Å². The molecule has 1 unspecified atom stereocenters. The molecule has 0 spiro atoms. The number of hydrogen-bond donors (Lipinski definition) is 2. The highest BCUT2D eigenvalue weighted by atomic mass is 32.2. The van der Waals surface area contributed by atoms with Crippen molar-refractivity contribution in [3.63, 3.8) is 0 Å². The Morgan fingerprint density at radius 3 is 2.40 bits per heavy atom. The molecular weight excluding hydrogens is 412 g/mol. The van der Waals surface area contributed by atoms with Gasteiger partial charge in [-0.2, -0.15) is 0 Å². The Labute approximate surface area is 172 Å². The number of ether oxygens (including phenoxy) is 2. The molecule has 3 aromatic rings. The Morgan fingerprint density at radius 1 is 1.03 bits per heavy atom. The largest absolute Gasteiger partial charge is 0.497 e. The van der Waals surface area contributed by atoms with Gasteiger partial charge in [0.05, 0.1) is 7.11 Å². The highest BCUT2D eigenvalue weighted by Gasteiger charge is 2.28. The maximum absolute atomic E-state index is 12.9. The minimum atomic E-state index is -4.13. The molecule has 156 valence electrons. The SMILES string of the molecule is COc1cccc(NC(=O)C(OC(=O)c2ccc(S(N)(=O)=O)o2)c2ccccc2)c1. The average Bonchev–Trinajstić information content (AvgIpc) is 3.23. The number of nitrogens with one attached hydrogen (secondary N) is 1. The van der Waals surface area contributed by atoms with Gasteiger partial charge in [0, 0.05) is 17.3 Å². The van der Waals surface area contributed by atoms with Gasteiger partial charge in [-0.15, -0.1) is 0 Å². The third kappa shape index (κ3) is 5.04. The fraction of sp³-hybridized carbons (Fsp3) is 0.100. The van der Waals surface area contributed by atoms with Crippen molar-refractivity contribution in [2.75, 3.05) is 12.4 Å². The summed E-state index contributed by atoms with van der Waals surface area (Å²) in [5, 5.41) is 7.04. The van der Waals surface area contributed by atoms with E-state index >= 15 is 0 Å². The van der Waals surface area contributed by atoms with Crippen molar-refractivity contribution in [1.82, 2.24) is 0 Å². The highest BCUT2D eigenvalue weighted by molar-refractivity contribution is 7.89. The number of anilines is 1. The van der Waals surface area contributed by atoms with Crippen molar-refractivity contribution in [2.45, 2.75) is 11.2 Å². The van der Waals surface area contributed by atoms with Crippen LogP contribution in [0.2, 0.25) is 0 Å². The summed E-state index contributed by atoms with van der Waals surface area (Å²) in [4.78, 5) is 25.3. The molecule has 1 heterocycles. The number of esters is 1. The van der Waals surface area contributed by atoms with Crippen molar-refractivity contribution in [3.8, 4) is 5.75 Å². The molecule has 10 heteroatoms. The van der Waals surface area contributed by atoms with Gasteiger partial charge in [-0.25, -0.2) is 18.4 Å². The molecule has 0 saturated carbocycles. The lowest BCUT2D eigenvalue weighted by Gasteiger charge is -2.17. The van der Waals surface area contributed by atoms with Crippen LogP contribution in [0.3, 0.4) is 0 Å². The first-order valence-corrected chi connectivity index (χ1v) is 10.2. The second-order valence-corrected chi connectivity index (χ2v) is 7.57. The summed E-state index contributed by atoms with van der Waals surface area (Å²) in [6, 6.07) is 17.1. The number of methoxy groups -OCH3 is 1. The summed E-state index contributed by atoms with van der Waals surface area (Å²) in [6.45, 7) is 0. The maximum atomic E-state index is 12.9. The summed E-state index contributed by atoms with van der Waals surface area (Å²) >= 11 is 0. The van der Waals surface area contributed by atoms with E-state index in [9.17, 15) is 18.0 Å². The van der Waals surface area contributed by atoms with Crippen LogP contribution in [0.1, 0.15) is 22.2 Å². The number of benzene rings is 2. The molecule has 0 radical (unpaired) electrons. The van der Waals surface area contributed by atoms with E-state index in [1.165, 1.54) is 7.11 Å². The number of hydrogen-bond acceptors (Lipinski definition) is 7. The van der Waals surface area contributed by atoms with E-state index in [1.54, 1.807) is 54.6 Å². The van der Waals surface area contributed by atoms with Crippen LogP contribution in [0.4, 0.5) is 5.69 Å². The van der Waals surface area contributed by atoms with Gasteiger partial charge in [-0.1, -0.05) is 36.4 Å². The molecule has 30 heavy (non-hydrogen) atoms. The predicted molar refractivity (Wildman–Crippen MR) is 106 cm³/mol. The van der Waals surface area contributed by atoms with Crippen molar-refractivity contribution < 1.29 is 31.9 Å². The molecule has 0 aliphatic carbocycles. The van der Waals surface area contributed by atoms with Crippen molar-refractivity contribution in [3.05, 3.63) is 78.1 Å². The zero-order valence-electron chi connectivity index (χ0n) is 15.8. The average molecular weight is 430 g/mol. The summed E-state index contributed by atoms with van der Waals surface area (Å²) < 4.78 is 38.1. The number of sulfonamides is 1. The normalized spacial score (nSPS) is 12.1. The number of furan rings is 1. The molecule has 3 rings (SSSR count). The molecule has 1 amide bonds. The predicted octanol–water partition coefficient (Wildman–Crippen LogP) is 2.47. The Morgan fingerprint density at radius 2 is 1.77 bits per heavy atom. The van der Waals surface area contributed by atoms with E-state index in [0.717, 1.165) is 12.1 Å². The van der Waals surface area contributed by atoms with E-state index in [1.807, 2.05) is 0 Å². The molecule has 9 nitrogen and oxygen atoms in total. The van der Waals surface area contributed by atoms with E-state index in [-0.39, 0.29) is 0 Å². The Bertz CT molecular complexity index is 1160. The summed E-state index contributed by atoms with van der Waals surface area (Å²) in [5.41, 5.74) is 0.843. The molecule has 0 fully saturated rings. The van der Waals surface area contributed by atoms with Crippen molar-refractivity contribution in [1.29, 1.82) is 0 Å². The zero-order valence-corrected chi connectivity index (χ0v) is 16.6. The molecule has 2 aromatic carbocycles. The lowest BCUT2D eigenvalue weighted by atomic mass is 10.1. The minimum absolute atomic E-state index is 0.407. The molecule has 0 aliphatic heterocycles. The van der Waals surface area contributed by atoms with Gasteiger partial charge in [0.25, 0.3) is 15.9 Å². The van der Waals surface area contributed by atoms with Gasteiger partial charge < -0.3 is 19.2 Å². The Balaban J connectivity index is 1.84. The Kier molecular flexibility index (Phi) is 6.19.